The fraction of sp³-hybridized carbons (Fsp3) is 0.500. The van der Waals surface area contributed by atoms with Crippen LogP contribution < -0.4 is 5.32 Å². The van der Waals surface area contributed by atoms with Gasteiger partial charge in [0.25, 0.3) is 0 Å². The van der Waals surface area contributed by atoms with Crippen LogP contribution in [0.3, 0.4) is 0 Å². The van der Waals surface area contributed by atoms with E-state index in [1.165, 1.54) is 12.1 Å². The molecule has 2 heterocycles. The number of hydrogen-bond donors (Lipinski definition) is 1. The second kappa shape index (κ2) is 10.7. The van der Waals surface area contributed by atoms with Gasteiger partial charge in [-0.05, 0) is 36.6 Å². The number of aromatic nitrogens is 1. The summed E-state index contributed by atoms with van der Waals surface area (Å²) in [5, 5.41) is 3.40. The molecule has 1 N–H and O–H groups in total. The molecule has 0 atom stereocenters. The monoisotopic (exact) mass is 550 g/mol. The first kappa shape index (κ1) is 25.5. The maximum absolute atomic E-state index is 13.3. The van der Waals surface area contributed by atoms with E-state index in [-0.39, 0.29) is 24.0 Å². The van der Waals surface area contributed by atoms with Gasteiger partial charge in [0.2, 0.25) is 0 Å². The van der Waals surface area contributed by atoms with Gasteiger partial charge in [-0.15, -0.1) is 24.0 Å². The number of nitrogens with zero attached hydrogens (tertiary/aromatic N) is 3. The lowest BCUT2D eigenvalue weighted by molar-refractivity contribution is -0.137. The second-order valence-electron chi connectivity index (χ2n) is 7.84. The van der Waals surface area contributed by atoms with Gasteiger partial charge in [0, 0.05) is 58.2 Å². The maximum atomic E-state index is 13.3. The average molecular weight is 550 g/mol. The van der Waals surface area contributed by atoms with E-state index in [0.717, 1.165) is 11.8 Å². The van der Waals surface area contributed by atoms with Gasteiger partial charge in [-0.2, -0.15) is 13.2 Å². The molecule has 1 aliphatic heterocycles. The number of halogens is 4. The summed E-state index contributed by atoms with van der Waals surface area (Å²) in [5.41, 5.74) is 0.769. The molecule has 3 rings (SSSR count). The van der Waals surface area contributed by atoms with Crippen LogP contribution in [0.5, 0.6) is 0 Å². The third-order valence-corrected chi connectivity index (χ3v) is 5.86. The molecule has 0 spiro atoms. The van der Waals surface area contributed by atoms with E-state index in [2.05, 4.69) is 10.3 Å². The van der Waals surface area contributed by atoms with Crippen molar-refractivity contribution < 1.29 is 17.9 Å². The summed E-state index contributed by atoms with van der Waals surface area (Å²) in [6, 6.07) is 9.72. The molecule has 0 radical (unpaired) electrons. The summed E-state index contributed by atoms with van der Waals surface area (Å²) >= 11 is 0. The van der Waals surface area contributed by atoms with Crippen molar-refractivity contribution >= 4 is 29.9 Å². The molecule has 0 saturated carbocycles. The summed E-state index contributed by atoms with van der Waals surface area (Å²) in [6.07, 6.45) is -1.06. The Morgan fingerprint density at radius 2 is 1.94 bits per heavy atom. The molecule has 0 amide bonds. The van der Waals surface area contributed by atoms with Crippen LogP contribution in [0.4, 0.5) is 13.2 Å². The van der Waals surface area contributed by atoms with Gasteiger partial charge in [-0.3, -0.25) is 4.99 Å². The first-order valence-electron chi connectivity index (χ1n) is 10.0. The summed E-state index contributed by atoms with van der Waals surface area (Å²) in [7, 11) is 5.65. The zero-order chi connectivity index (χ0) is 21.8. The lowest BCUT2D eigenvalue weighted by atomic mass is 9.73. The molecule has 172 valence electrons. The van der Waals surface area contributed by atoms with E-state index < -0.39 is 17.2 Å². The number of alkyl halides is 3. The van der Waals surface area contributed by atoms with Crippen molar-refractivity contribution in [3.8, 4) is 0 Å². The van der Waals surface area contributed by atoms with Gasteiger partial charge in [0.15, 0.2) is 5.96 Å². The molecule has 2 aromatic rings. The molecule has 1 aromatic carbocycles. The van der Waals surface area contributed by atoms with Crippen LogP contribution in [0.25, 0.3) is 0 Å². The van der Waals surface area contributed by atoms with Gasteiger partial charge in [0.05, 0.1) is 12.1 Å². The first-order valence-corrected chi connectivity index (χ1v) is 10.0. The van der Waals surface area contributed by atoms with Crippen LogP contribution in [0.1, 0.15) is 29.7 Å². The van der Waals surface area contributed by atoms with Crippen molar-refractivity contribution in [3.05, 3.63) is 59.4 Å². The van der Waals surface area contributed by atoms with Crippen LogP contribution in [0.2, 0.25) is 0 Å². The van der Waals surface area contributed by atoms with Gasteiger partial charge < -0.3 is 19.5 Å². The van der Waals surface area contributed by atoms with Crippen LogP contribution in [-0.2, 0) is 29.9 Å². The Labute approximate surface area is 198 Å². The Balaban J connectivity index is 0.00000341. The van der Waals surface area contributed by atoms with Crippen LogP contribution >= 0.6 is 24.0 Å². The minimum Gasteiger partial charge on any atom is -0.381 e. The minimum absolute atomic E-state index is 0. The molecule has 0 unspecified atom stereocenters. The van der Waals surface area contributed by atoms with E-state index in [0.29, 0.717) is 50.7 Å². The van der Waals surface area contributed by atoms with E-state index in [4.69, 9.17) is 4.74 Å². The SMILES string of the molecule is CN=C(NCC1(c2cccc(C(F)(F)F)c2)CCOCC1)N(C)Cc1cccn1C.I. The van der Waals surface area contributed by atoms with E-state index >= 15 is 0 Å². The molecule has 0 aliphatic carbocycles. The number of aryl methyl sites for hydroxylation is 1. The predicted octanol–water partition coefficient (Wildman–Crippen LogP) is 4.42. The maximum Gasteiger partial charge on any atom is 0.416 e. The fourth-order valence-electron chi connectivity index (χ4n) is 3.97. The van der Waals surface area contributed by atoms with Gasteiger partial charge in [0.1, 0.15) is 0 Å². The number of aliphatic imine (C=N–C) groups is 1. The molecule has 0 bridgehead atoms. The Bertz CT molecular complexity index is 876. The molecule has 1 saturated heterocycles. The van der Waals surface area contributed by atoms with Gasteiger partial charge >= 0.3 is 6.18 Å². The fourth-order valence-corrected chi connectivity index (χ4v) is 3.97. The lowest BCUT2D eigenvalue weighted by Gasteiger charge is -2.39. The highest BCUT2D eigenvalue weighted by molar-refractivity contribution is 14.0. The number of rotatable bonds is 5. The highest BCUT2D eigenvalue weighted by Gasteiger charge is 2.37. The third-order valence-electron chi connectivity index (χ3n) is 5.86. The second-order valence-corrected chi connectivity index (χ2v) is 7.84. The minimum atomic E-state index is -4.36. The van der Waals surface area contributed by atoms with Crippen LogP contribution in [0, 0.1) is 0 Å². The zero-order valence-corrected chi connectivity index (χ0v) is 20.4. The quantitative estimate of drug-likeness (QED) is 0.341. The van der Waals surface area contributed by atoms with Gasteiger partial charge in [-0.1, -0.05) is 18.2 Å². The summed E-state index contributed by atoms with van der Waals surface area (Å²) < 4.78 is 47.4. The van der Waals surface area contributed by atoms with Crippen molar-refractivity contribution in [2.45, 2.75) is 31.0 Å². The molecule has 1 aliphatic rings. The zero-order valence-electron chi connectivity index (χ0n) is 18.1. The van der Waals surface area contributed by atoms with Crippen molar-refractivity contribution in [2.75, 3.05) is 33.9 Å². The van der Waals surface area contributed by atoms with E-state index in [1.54, 1.807) is 13.1 Å². The Kier molecular flexibility index (Phi) is 8.82. The number of benzene rings is 1. The molecule has 9 heteroatoms. The van der Waals surface area contributed by atoms with E-state index in [9.17, 15) is 13.2 Å². The summed E-state index contributed by atoms with van der Waals surface area (Å²) in [6.45, 7) is 2.20. The highest BCUT2D eigenvalue weighted by atomic mass is 127. The predicted molar refractivity (Wildman–Crippen MR) is 127 cm³/mol. The number of guanidine groups is 1. The normalized spacial score (nSPS) is 16.5. The van der Waals surface area contributed by atoms with Crippen LogP contribution in [-0.4, -0.2) is 49.3 Å². The first-order chi connectivity index (χ1) is 14.2. The largest absolute Gasteiger partial charge is 0.416 e. The molecule has 31 heavy (non-hydrogen) atoms. The standard InChI is InChI=1S/C22H29F3N4O.HI/c1-26-20(29(3)15-19-8-5-11-28(19)2)27-16-21(9-12-30-13-10-21)17-6-4-7-18(14-17)22(23,24)25;/h4-8,11,14H,9-10,12-13,15-16H2,1-3H3,(H,26,27);1H. The molecule has 5 nitrogen and oxygen atoms in total. The highest BCUT2D eigenvalue weighted by Crippen LogP contribution is 2.37. The molecular formula is C22H30F3IN4O. The van der Waals surface area contributed by atoms with Crippen molar-refractivity contribution in [2.24, 2.45) is 12.0 Å². The van der Waals surface area contributed by atoms with Crippen molar-refractivity contribution in [1.29, 1.82) is 0 Å². The molecule has 1 aromatic heterocycles. The van der Waals surface area contributed by atoms with Gasteiger partial charge in [-0.25, -0.2) is 0 Å². The average Bonchev–Trinajstić information content (AvgIpc) is 3.13. The Morgan fingerprint density at radius 1 is 1.23 bits per heavy atom. The molecular weight excluding hydrogens is 520 g/mol. The number of hydrogen-bond acceptors (Lipinski definition) is 2. The van der Waals surface area contributed by atoms with Crippen molar-refractivity contribution in [3.63, 3.8) is 0 Å². The number of nitrogens with one attached hydrogen (secondary N) is 1. The lowest BCUT2D eigenvalue weighted by Crippen LogP contribution is -2.48. The third kappa shape index (κ3) is 6.15. The number of ether oxygens (including phenoxy) is 1. The Hall–Kier alpha value is -1.75. The van der Waals surface area contributed by atoms with Crippen LogP contribution in [0.15, 0.2) is 47.6 Å². The topological polar surface area (TPSA) is 41.8 Å². The summed E-state index contributed by atoms with van der Waals surface area (Å²) in [5.74, 6) is 0.703. The molecule has 1 fully saturated rings. The summed E-state index contributed by atoms with van der Waals surface area (Å²) in [4.78, 5) is 6.38. The Morgan fingerprint density at radius 3 is 2.52 bits per heavy atom. The smallest absolute Gasteiger partial charge is 0.381 e. The van der Waals surface area contributed by atoms with E-state index in [1.807, 2.05) is 41.9 Å². The van der Waals surface area contributed by atoms with Crippen molar-refractivity contribution in [1.82, 2.24) is 14.8 Å².